The molecule has 2 heterocycles. The predicted molar refractivity (Wildman–Crippen MR) is 64.7 cm³/mol. The Balaban J connectivity index is 2.21. The molecule has 1 N–H and O–H groups in total. The minimum absolute atomic E-state index is 0.105. The Morgan fingerprint density at radius 1 is 1.75 bits per heavy atom. The van der Waals surface area contributed by atoms with Crippen molar-refractivity contribution in [3.05, 3.63) is 21.0 Å². The van der Waals surface area contributed by atoms with Gasteiger partial charge < -0.3 is 10.1 Å². The summed E-state index contributed by atoms with van der Waals surface area (Å²) < 4.78 is 7.22. The van der Waals surface area contributed by atoms with Gasteiger partial charge in [0.1, 0.15) is 4.47 Å². The van der Waals surface area contributed by atoms with Gasteiger partial charge in [-0.15, -0.1) is 0 Å². The van der Waals surface area contributed by atoms with Gasteiger partial charge in [0.05, 0.1) is 24.5 Å². The van der Waals surface area contributed by atoms with Crippen LogP contribution in [0.4, 0.5) is 5.69 Å². The van der Waals surface area contributed by atoms with Crippen LogP contribution in [0.3, 0.4) is 0 Å². The van der Waals surface area contributed by atoms with E-state index in [-0.39, 0.29) is 11.6 Å². The van der Waals surface area contributed by atoms with Gasteiger partial charge in [-0.05, 0) is 29.3 Å². The zero-order valence-corrected chi connectivity index (χ0v) is 10.7. The van der Waals surface area contributed by atoms with E-state index in [9.17, 15) is 4.79 Å². The quantitative estimate of drug-likeness (QED) is 0.909. The van der Waals surface area contributed by atoms with E-state index in [2.05, 4.69) is 26.3 Å². The van der Waals surface area contributed by atoms with Gasteiger partial charge in [-0.25, -0.2) is 4.68 Å². The summed E-state index contributed by atoms with van der Waals surface area (Å²) in [6.45, 7) is 3.92. The van der Waals surface area contributed by atoms with Gasteiger partial charge in [-0.3, -0.25) is 4.79 Å². The Morgan fingerprint density at radius 3 is 3.19 bits per heavy atom. The average Bonchev–Trinajstić information content (AvgIpc) is 2.78. The van der Waals surface area contributed by atoms with Crippen LogP contribution in [0, 0.1) is 0 Å². The summed E-state index contributed by atoms with van der Waals surface area (Å²) in [6.07, 6.45) is 2.64. The molecule has 6 heteroatoms. The molecular weight excluding hydrogens is 274 g/mol. The predicted octanol–water partition coefficient (Wildman–Crippen LogP) is 1.23. The molecule has 88 valence electrons. The lowest BCUT2D eigenvalue weighted by atomic mass is 10.2. The summed E-state index contributed by atoms with van der Waals surface area (Å²) in [6, 6.07) is 0.273. The van der Waals surface area contributed by atoms with Crippen LogP contribution in [0.25, 0.3) is 0 Å². The van der Waals surface area contributed by atoms with E-state index < -0.39 is 0 Å². The Kier molecular flexibility index (Phi) is 3.60. The van der Waals surface area contributed by atoms with Crippen molar-refractivity contribution < 1.29 is 4.74 Å². The highest BCUT2D eigenvalue weighted by Gasteiger charge is 2.17. The molecule has 1 atom stereocenters. The third kappa shape index (κ3) is 2.27. The van der Waals surface area contributed by atoms with Gasteiger partial charge >= 0.3 is 0 Å². The van der Waals surface area contributed by atoms with Gasteiger partial charge in [0.2, 0.25) is 0 Å². The first-order chi connectivity index (χ1) is 7.72. The molecule has 1 aromatic heterocycles. The molecule has 0 saturated carbocycles. The Labute approximate surface area is 102 Å². The molecular formula is C10H14BrN3O2. The molecule has 0 bridgehead atoms. The number of anilines is 1. The van der Waals surface area contributed by atoms with Crippen molar-refractivity contribution in [2.45, 2.75) is 25.9 Å². The van der Waals surface area contributed by atoms with Crippen LogP contribution in [-0.2, 0) is 11.3 Å². The van der Waals surface area contributed by atoms with Crippen LogP contribution in [0.5, 0.6) is 0 Å². The summed E-state index contributed by atoms with van der Waals surface area (Å²) in [5.74, 6) is 0. The summed E-state index contributed by atoms with van der Waals surface area (Å²) in [5.41, 5.74) is 0.636. The lowest BCUT2D eigenvalue weighted by molar-refractivity contribution is 0.195. The topological polar surface area (TPSA) is 56.1 Å². The molecule has 1 aliphatic heterocycles. The lowest BCUT2D eigenvalue weighted by Gasteiger charge is -2.13. The maximum absolute atomic E-state index is 11.8. The summed E-state index contributed by atoms with van der Waals surface area (Å²) in [5, 5.41) is 7.32. The van der Waals surface area contributed by atoms with Crippen molar-refractivity contribution in [2.75, 3.05) is 18.5 Å². The molecule has 0 amide bonds. The van der Waals surface area contributed by atoms with Gasteiger partial charge in [0.15, 0.2) is 0 Å². The second-order valence-electron chi connectivity index (χ2n) is 3.70. The second kappa shape index (κ2) is 4.97. The van der Waals surface area contributed by atoms with Crippen molar-refractivity contribution in [3.63, 3.8) is 0 Å². The minimum Gasteiger partial charge on any atom is -0.379 e. The SMILES string of the molecule is CCn1ncc(NC2CCOC2)c(Br)c1=O. The monoisotopic (exact) mass is 287 g/mol. The van der Waals surface area contributed by atoms with Gasteiger partial charge in [-0.1, -0.05) is 0 Å². The number of nitrogens with zero attached hydrogens (tertiary/aromatic N) is 2. The fraction of sp³-hybridized carbons (Fsp3) is 0.600. The van der Waals surface area contributed by atoms with Crippen LogP contribution in [0.2, 0.25) is 0 Å². The fourth-order valence-corrected chi connectivity index (χ4v) is 2.08. The largest absolute Gasteiger partial charge is 0.379 e. The van der Waals surface area contributed by atoms with Crippen molar-refractivity contribution in [1.29, 1.82) is 0 Å². The van der Waals surface area contributed by atoms with E-state index in [4.69, 9.17) is 4.74 Å². The Hall–Kier alpha value is -0.880. The van der Waals surface area contributed by atoms with Crippen molar-refractivity contribution in [1.82, 2.24) is 9.78 Å². The number of nitrogens with one attached hydrogen (secondary N) is 1. The number of halogens is 1. The van der Waals surface area contributed by atoms with Crippen LogP contribution >= 0.6 is 15.9 Å². The standard InChI is InChI=1S/C10H14BrN3O2/c1-2-14-10(15)9(11)8(5-12-14)13-7-3-4-16-6-7/h5,7,13H,2-4,6H2,1H3. The van der Waals surface area contributed by atoms with Gasteiger partial charge in [0, 0.05) is 13.2 Å². The highest BCUT2D eigenvalue weighted by molar-refractivity contribution is 9.10. The fourth-order valence-electron chi connectivity index (χ4n) is 1.66. The van der Waals surface area contributed by atoms with Crippen molar-refractivity contribution >= 4 is 21.6 Å². The third-order valence-electron chi connectivity index (χ3n) is 2.57. The van der Waals surface area contributed by atoms with Crippen molar-refractivity contribution in [2.24, 2.45) is 0 Å². The molecule has 0 spiro atoms. The molecule has 1 fully saturated rings. The van der Waals surface area contributed by atoms with E-state index in [1.54, 1.807) is 6.20 Å². The summed E-state index contributed by atoms with van der Waals surface area (Å²) in [7, 11) is 0. The average molecular weight is 288 g/mol. The Morgan fingerprint density at radius 2 is 2.56 bits per heavy atom. The van der Waals surface area contributed by atoms with Gasteiger partial charge in [-0.2, -0.15) is 5.10 Å². The molecule has 16 heavy (non-hydrogen) atoms. The third-order valence-corrected chi connectivity index (χ3v) is 3.34. The second-order valence-corrected chi connectivity index (χ2v) is 4.49. The Bertz CT molecular complexity index is 427. The van der Waals surface area contributed by atoms with E-state index in [1.807, 2.05) is 6.92 Å². The first-order valence-electron chi connectivity index (χ1n) is 5.32. The van der Waals surface area contributed by atoms with Crippen LogP contribution in [0.15, 0.2) is 15.5 Å². The number of aryl methyl sites for hydroxylation is 1. The summed E-state index contributed by atoms with van der Waals surface area (Å²) >= 11 is 3.30. The first kappa shape index (κ1) is 11.6. The van der Waals surface area contributed by atoms with Crippen LogP contribution in [0.1, 0.15) is 13.3 Å². The molecule has 1 unspecified atom stereocenters. The smallest absolute Gasteiger partial charge is 0.283 e. The number of aromatic nitrogens is 2. The zero-order valence-electron chi connectivity index (χ0n) is 9.07. The molecule has 0 aliphatic carbocycles. The normalized spacial score (nSPS) is 20.0. The minimum atomic E-state index is -0.105. The van der Waals surface area contributed by atoms with Crippen LogP contribution < -0.4 is 10.9 Å². The number of ether oxygens (including phenoxy) is 1. The number of rotatable bonds is 3. The maximum Gasteiger partial charge on any atom is 0.283 e. The molecule has 1 saturated heterocycles. The molecule has 2 rings (SSSR count). The van der Waals surface area contributed by atoms with Gasteiger partial charge in [0.25, 0.3) is 5.56 Å². The number of hydrogen-bond acceptors (Lipinski definition) is 4. The first-order valence-corrected chi connectivity index (χ1v) is 6.11. The highest BCUT2D eigenvalue weighted by atomic mass is 79.9. The molecule has 5 nitrogen and oxygen atoms in total. The van der Waals surface area contributed by atoms with Crippen molar-refractivity contribution in [3.8, 4) is 0 Å². The maximum atomic E-state index is 11.8. The lowest BCUT2D eigenvalue weighted by Crippen LogP contribution is -2.26. The molecule has 1 aromatic rings. The zero-order chi connectivity index (χ0) is 11.5. The van der Waals surface area contributed by atoms with Crippen LogP contribution in [-0.4, -0.2) is 29.0 Å². The number of hydrogen-bond donors (Lipinski definition) is 1. The van der Waals surface area contributed by atoms with E-state index in [1.165, 1.54) is 4.68 Å². The highest BCUT2D eigenvalue weighted by Crippen LogP contribution is 2.19. The molecule has 1 aliphatic rings. The van der Waals surface area contributed by atoms with E-state index in [0.717, 1.165) is 18.7 Å². The van der Waals surface area contributed by atoms with E-state index in [0.29, 0.717) is 17.6 Å². The molecule has 0 aromatic carbocycles. The van der Waals surface area contributed by atoms with E-state index >= 15 is 0 Å². The molecule has 0 radical (unpaired) electrons. The summed E-state index contributed by atoms with van der Waals surface area (Å²) in [4.78, 5) is 11.8.